The fourth-order valence-electron chi connectivity index (χ4n) is 3.21. The van der Waals surface area contributed by atoms with Crippen molar-refractivity contribution < 1.29 is 9.59 Å². The summed E-state index contributed by atoms with van der Waals surface area (Å²) in [6, 6.07) is 0.629. The summed E-state index contributed by atoms with van der Waals surface area (Å²) < 4.78 is 0. The van der Waals surface area contributed by atoms with Gasteiger partial charge in [-0.15, -0.1) is 0 Å². The Morgan fingerprint density at radius 2 is 2.20 bits per heavy atom. The van der Waals surface area contributed by atoms with E-state index in [1.165, 1.54) is 19.3 Å². The molecule has 2 fully saturated rings. The zero-order valence-electron chi connectivity index (χ0n) is 12.7. The SMILES string of the molecule is CCN1C[C@@H](C(=O)NCCN2CCCC[C@H]2C)CC1=O. The van der Waals surface area contributed by atoms with Gasteiger partial charge in [0.15, 0.2) is 0 Å². The van der Waals surface area contributed by atoms with Gasteiger partial charge in [-0.3, -0.25) is 14.5 Å². The molecule has 2 amide bonds. The highest BCUT2D eigenvalue weighted by molar-refractivity contribution is 5.89. The van der Waals surface area contributed by atoms with Gasteiger partial charge in [0.05, 0.1) is 5.92 Å². The van der Waals surface area contributed by atoms with Gasteiger partial charge >= 0.3 is 0 Å². The van der Waals surface area contributed by atoms with Crippen LogP contribution in [0.25, 0.3) is 0 Å². The van der Waals surface area contributed by atoms with E-state index in [2.05, 4.69) is 17.1 Å². The molecule has 2 aliphatic heterocycles. The molecule has 0 unspecified atom stereocenters. The molecule has 2 heterocycles. The highest BCUT2D eigenvalue weighted by Gasteiger charge is 2.33. The van der Waals surface area contributed by atoms with Gasteiger partial charge in [-0.1, -0.05) is 6.42 Å². The van der Waals surface area contributed by atoms with E-state index in [0.717, 1.165) is 13.1 Å². The lowest BCUT2D eigenvalue weighted by molar-refractivity contribution is -0.128. The molecule has 0 saturated carbocycles. The average Bonchev–Trinajstić information content (AvgIpc) is 2.82. The Bertz CT molecular complexity index is 359. The molecular formula is C15H27N3O2. The highest BCUT2D eigenvalue weighted by Crippen LogP contribution is 2.18. The molecule has 2 rings (SSSR count). The zero-order valence-corrected chi connectivity index (χ0v) is 12.7. The first-order valence-electron chi connectivity index (χ1n) is 7.91. The van der Waals surface area contributed by atoms with Crippen LogP contribution >= 0.6 is 0 Å². The largest absolute Gasteiger partial charge is 0.355 e. The van der Waals surface area contributed by atoms with E-state index in [4.69, 9.17) is 0 Å². The molecule has 0 aromatic carbocycles. The second-order valence-corrected chi connectivity index (χ2v) is 6.01. The van der Waals surface area contributed by atoms with Gasteiger partial charge in [0.25, 0.3) is 0 Å². The summed E-state index contributed by atoms with van der Waals surface area (Å²) in [6.45, 7) is 8.26. The highest BCUT2D eigenvalue weighted by atomic mass is 16.2. The molecule has 0 radical (unpaired) electrons. The summed E-state index contributed by atoms with van der Waals surface area (Å²) in [5.74, 6) is -0.00232. The molecule has 20 heavy (non-hydrogen) atoms. The number of amides is 2. The lowest BCUT2D eigenvalue weighted by Gasteiger charge is -2.33. The van der Waals surface area contributed by atoms with Gasteiger partial charge in [-0.05, 0) is 33.2 Å². The van der Waals surface area contributed by atoms with E-state index in [1.54, 1.807) is 4.90 Å². The number of nitrogens with zero attached hydrogens (tertiary/aromatic N) is 2. The average molecular weight is 281 g/mol. The Hall–Kier alpha value is -1.10. The van der Waals surface area contributed by atoms with Crippen molar-refractivity contribution in [3.63, 3.8) is 0 Å². The minimum Gasteiger partial charge on any atom is -0.355 e. The smallest absolute Gasteiger partial charge is 0.225 e. The van der Waals surface area contributed by atoms with Crippen LogP contribution in [-0.2, 0) is 9.59 Å². The minimum absolute atomic E-state index is 0.0407. The van der Waals surface area contributed by atoms with E-state index in [1.807, 2.05) is 6.92 Å². The first kappa shape index (κ1) is 15.3. The third kappa shape index (κ3) is 3.72. The summed E-state index contributed by atoms with van der Waals surface area (Å²) in [6.07, 6.45) is 4.22. The first-order chi connectivity index (χ1) is 9.61. The molecule has 5 nitrogen and oxygen atoms in total. The maximum atomic E-state index is 12.1. The topological polar surface area (TPSA) is 52.7 Å². The standard InChI is InChI=1S/C15H27N3O2/c1-3-17-11-13(10-14(17)19)15(20)16-7-9-18-8-5-4-6-12(18)2/h12-13H,3-11H2,1-2H3,(H,16,20)/t12-,13+/m1/s1. The van der Waals surface area contributed by atoms with E-state index >= 15 is 0 Å². The molecule has 2 aliphatic rings. The minimum atomic E-state index is -0.152. The molecule has 0 spiro atoms. The van der Waals surface area contributed by atoms with E-state index in [0.29, 0.717) is 32.1 Å². The Kier molecular flexibility index (Phi) is 5.40. The summed E-state index contributed by atoms with van der Waals surface area (Å²) in [5.41, 5.74) is 0. The maximum absolute atomic E-state index is 12.1. The molecule has 1 N–H and O–H groups in total. The van der Waals surface area contributed by atoms with Crippen LogP contribution < -0.4 is 5.32 Å². The third-order valence-electron chi connectivity index (χ3n) is 4.61. The molecule has 0 aromatic heterocycles. The zero-order chi connectivity index (χ0) is 14.5. The molecule has 2 atom stereocenters. The fraction of sp³-hybridized carbons (Fsp3) is 0.867. The van der Waals surface area contributed by atoms with Crippen molar-refractivity contribution in [2.45, 2.75) is 45.6 Å². The summed E-state index contributed by atoms with van der Waals surface area (Å²) in [5, 5.41) is 3.00. The lowest BCUT2D eigenvalue weighted by Crippen LogP contribution is -2.43. The van der Waals surface area contributed by atoms with Crippen LogP contribution in [0.5, 0.6) is 0 Å². The van der Waals surface area contributed by atoms with Crippen LogP contribution in [0.3, 0.4) is 0 Å². The predicted octanol–water partition coefficient (Wildman–Crippen LogP) is 0.845. The Morgan fingerprint density at radius 1 is 1.40 bits per heavy atom. The van der Waals surface area contributed by atoms with Crippen molar-refractivity contribution in [3.8, 4) is 0 Å². The first-order valence-corrected chi connectivity index (χ1v) is 7.91. The van der Waals surface area contributed by atoms with Crippen LogP contribution in [-0.4, -0.2) is 60.4 Å². The van der Waals surface area contributed by atoms with Gasteiger partial charge in [-0.25, -0.2) is 0 Å². The molecule has 0 bridgehead atoms. The summed E-state index contributed by atoms with van der Waals surface area (Å²) >= 11 is 0. The monoisotopic (exact) mass is 281 g/mol. The van der Waals surface area contributed by atoms with Gasteiger partial charge in [0, 0.05) is 38.6 Å². The number of likely N-dealkylation sites (tertiary alicyclic amines) is 2. The molecule has 114 valence electrons. The van der Waals surface area contributed by atoms with Crippen molar-refractivity contribution in [3.05, 3.63) is 0 Å². The van der Waals surface area contributed by atoms with Crippen molar-refractivity contribution in [2.75, 3.05) is 32.7 Å². The van der Waals surface area contributed by atoms with Gasteiger partial charge in [-0.2, -0.15) is 0 Å². The van der Waals surface area contributed by atoms with E-state index in [-0.39, 0.29) is 17.7 Å². The van der Waals surface area contributed by atoms with E-state index in [9.17, 15) is 9.59 Å². The number of carbonyl (C=O) groups is 2. The van der Waals surface area contributed by atoms with Crippen LogP contribution in [0.1, 0.15) is 39.5 Å². The molecule has 2 saturated heterocycles. The molecule has 0 aliphatic carbocycles. The maximum Gasteiger partial charge on any atom is 0.225 e. The number of nitrogens with one attached hydrogen (secondary N) is 1. The quantitative estimate of drug-likeness (QED) is 0.812. The fourth-order valence-corrected chi connectivity index (χ4v) is 3.21. The normalized spacial score (nSPS) is 27.9. The van der Waals surface area contributed by atoms with Gasteiger partial charge in [0.2, 0.25) is 11.8 Å². The number of carbonyl (C=O) groups excluding carboxylic acids is 2. The Labute approximate surface area is 121 Å². The summed E-state index contributed by atoms with van der Waals surface area (Å²) in [7, 11) is 0. The second kappa shape index (κ2) is 7.07. The lowest BCUT2D eigenvalue weighted by atomic mass is 10.0. The number of hydrogen-bond acceptors (Lipinski definition) is 3. The van der Waals surface area contributed by atoms with Gasteiger partial charge in [0.1, 0.15) is 0 Å². The van der Waals surface area contributed by atoms with Crippen LogP contribution in [0.2, 0.25) is 0 Å². The Balaban J connectivity index is 1.69. The van der Waals surface area contributed by atoms with Crippen LogP contribution in [0.4, 0.5) is 0 Å². The van der Waals surface area contributed by atoms with Crippen molar-refractivity contribution >= 4 is 11.8 Å². The van der Waals surface area contributed by atoms with Crippen LogP contribution in [0, 0.1) is 5.92 Å². The van der Waals surface area contributed by atoms with Gasteiger partial charge < -0.3 is 10.2 Å². The van der Waals surface area contributed by atoms with Crippen LogP contribution in [0.15, 0.2) is 0 Å². The second-order valence-electron chi connectivity index (χ2n) is 6.01. The molecule has 0 aromatic rings. The van der Waals surface area contributed by atoms with Crippen molar-refractivity contribution in [1.82, 2.24) is 15.1 Å². The number of piperidine rings is 1. The number of rotatable bonds is 5. The van der Waals surface area contributed by atoms with Crippen molar-refractivity contribution in [2.24, 2.45) is 5.92 Å². The number of hydrogen-bond donors (Lipinski definition) is 1. The predicted molar refractivity (Wildman–Crippen MR) is 78.3 cm³/mol. The molecule has 5 heteroatoms. The third-order valence-corrected chi connectivity index (χ3v) is 4.61. The Morgan fingerprint density at radius 3 is 2.85 bits per heavy atom. The van der Waals surface area contributed by atoms with E-state index < -0.39 is 0 Å². The van der Waals surface area contributed by atoms with Crippen molar-refractivity contribution in [1.29, 1.82) is 0 Å². The molecular weight excluding hydrogens is 254 g/mol. The summed E-state index contributed by atoms with van der Waals surface area (Å²) in [4.78, 5) is 27.9.